The zero-order valence-electron chi connectivity index (χ0n) is 18.7. The number of halogens is 2. The van der Waals surface area contributed by atoms with Crippen molar-refractivity contribution in [3.8, 4) is 0 Å². The lowest BCUT2D eigenvalue weighted by atomic mass is 9.79. The minimum atomic E-state index is -1.22. The molecule has 0 radical (unpaired) electrons. The molecule has 8 nitrogen and oxygen atoms in total. The van der Waals surface area contributed by atoms with Gasteiger partial charge in [-0.15, -0.1) is 0 Å². The van der Waals surface area contributed by atoms with Crippen molar-refractivity contribution in [2.75, 3.05) is 18.5 Å². The van der Waals surface area contributed by atoms with Gasteiger partial charge in [0.25, 0.3) is 5.91 Å². The van der Waals surface area contributed by atoms with Crippen LogP contribution in [0.3, 0.4) is 0 Å². The summed E-state index contributed by atoms with van der Waals surface area (Å²) in [6.45, 7) is 1.16. The number of ether oxygens (including phenoxy) is 1. The number of anilines is 1. The van der Waals surface area contributed by atoms with Crippen LogP contribution in [-0.2, 0) is 22.4 Å². The Morgan fingerprint density at radius 2 is 2.15 bits per heavy atom. The number of hydrogen-bond acceptors (Lipinski definition) is 6. The van der Waals surface area contributed by atoms with Crippen LogP contribution in [0.5, 0.6) is 0 Å². The summed E-state index contributed by atoms with van der Waals surface area (Å²) in [6, 6.07) is 3.07. The number of pyridine rings is 2. The standard InChI is InChI=1S/C24H28ClFN4O4/c25-18-12-27-13-19(26)21(18)23(31)30-20(24(32)33)7-9-34-17-10-14(11-17)3-5-16-6-4-15-2-1-8-28-22(15)29-16/h4,6,12-14,17,20H,1-3,5,7-11H2,(H,28,29)(H,30,31)(H,32,33)/t14-,17+,20?. The van der Waals surface area contributed by atoms with E-state index in [1.807, 2.05) is 0 Å². The zero-order chi connectivity index (χ0) is 24.1. The quantitative estimate of drug-likeness (QED) is 0.466. The number of hydrogen-bond donors (Lipinski definition) is 3. The average Bonchev–Trinajstić information content (AvgIpc) is 2.78. The molecule has 2 aromatic heterocycles. The number of nitrogens with one attached hydrogen (secondary N) is 2. The molecule has 34 heavy (non-hydrogen) atoms. The fraction of sp³-hybridized carbons (Fsp3) is 0.500. The highest BCUT2D eigenvalue weighted by Gasteiger charge is 2.30. The summed E-state index contributed by atoms with van der Waals surface area (Å²) in [5, 5.41) is 14.9. The Hall–Kier alpha value is -2.78. The molecule has 1 fully saturated rings. The minimum Gasteiger partial charge on any atom is -0.480 e. The molecular formula is C24H28ClFN4O4. The van der Waals surface area contributed by atoms with Crippen molar-refractivity contribution in [1.29, 1.82) is 0 Å². The molecular weight excluding hydrogens is 463 g/mol. The Labute approximate surface area is 202 Å². The van der Waals surface area contributed by atoms with E-state index in [1.165, 1.54) is 5.56 Å². The molecule has 2 aliphatic rings. The lowest BCUT2D eigenvalue weighted by Crippen LogP contribution is -2.42. The van der Waals surface area contributed by atoms with Crippen LogP contribution >= 0.6 is 11.6 Å². The maximum absolute atomic E-state index is 13.9. The van der Waals surface area contributed by atoms with Gasteiger partial charge in [-0.1, -0.05) is 17.7 Å². The number of carboxylic acids is 1. The van der Waals surface area contributed by atoms with E-state index < -0.39 is 29.3 Å². The highest BCUT2D eigenvalue weighted by Crippen LogP contribution is 2.34. The fourth-order valence-corrected chi connectivity index (χ4v) is 4.61. The molecule has 182 valence electrons. The van der Waals surface area contributed by atoms with Crippen LogP contribution in [0.25, 0.3) is 0 Å². The normalized spacial score (nSPS) is 19.9. The van der Waals surface area contributed by atoms with E-state index in [2.05, 4.69) is 27.8 Å². The SMILES string of the molecule is O=C(NC(CCO[C@H]1C[C@@H](CCc2ccc3c(n2)NCCC3)C1)C(=O)O)c1c(F)cncc1Cl. The summed E-state index contributed by atoms with van der Waals surface area (Å²) >= 11 is 5.83. The zero-order valence-corrected chi connectivity index (χ0v) is 19.5. The van der Waals surface area contributed by atoms with Crippen molar-refractivity contribution in [2.24, 2.45) is 5.92 Å². The van der Waals surface area contributed by atoms with Gasteiger partial charge >= 0.3 is 5.97 Å². The van der Waals surface area contributed by atoms with Crippen LogP contribution in [0, 0.1) is 11.7 Å². The van der Waals surface area contributed by atoms with Crippen molar-refractivity contribution in [1.82, 2.24) is 15.3 Å². The van der Waals surface area contributed by atoms with Crippen molar-refractivity contribution < 1.29 is 23.8 Å². The molecule has 0 bridgehead atoms. The molecule has 0 spiro atoms. The lowest BCUT2D eigenvalue weighted by molar-refractivity contribution is -0.140. The molecule has 4 rings (SSSR count). The first-order valence-corrected chi connectivity index (χ1v) is 12.0. The first kappa shape index (κ1) is 24.3. The van der Waals surface area contributed by atoms with E-state index in [1.54, 1.807) is 0 Å². The van der Waals surface area contributed by atoms with Crippen molar-refractivity contribution >= 4 is 29.3 Å². The Morgan fingerprint density at radius 1 is 1.32 bits per heavy atom. The minimum absolute atomic E-state index is 0.0681. The van der Waals surface area contributed by atoms with E-state index in [4.69, 9.17) is 21.3 Å². The van der Waals surface area contributed by atoms with Gasteiger partial charge in [0.2, 0.25) is 0 Å². The predicted octanol–water partition coefficient (Wildman–Crippen LogP) is 3.63. The fourth-order valence-electron chi connectivity index (χ4n) is 4.37. The maximum atomic E-state index is 13.9. The number of carbonyl (C=O) groups excluding carboxylic acids is 1. The average molecular weight is 491 g/mol. The second kappa shape index (κ2) is 11.1. The van der Waals surface area contributed by atoms with E-state index in [0.717, 1.165) is 69.0 Å². The summed E-state index contributed by atoms with van der Waals surface area (Å²) in [7, 11) is 0. The molecule has 1 aliphatic heterocycles. The summed E-state index contributed by atoms with van der Waals surface area (Å²) < 4.78 is 19.7. The monoisotopic (exact) mass is 490 g/mol. The molecule has 1 unspecified atom stereocenters. The van der Waals surface area contributed by atoms with Gasteiger partial charge in [-0.05, 0) is 56.1 Å². The second-order valence-electron chi connectivity index (χ2n) is 8.84. The summed E-state index contributed by atoms with van der Waals surface area (Å²) in [5.41, 5.74) is 1.97. The number of amides is 1. The van der Waals surface area contributed by atoms with Gasteiger partial charge in [0.1, 0.15) is 11.9 Å². The van der Waals surface area contributed by atoms with E-state index in [9.17, 15) is 19.1 Å². The number of carbonyl (C=O) groups is 2. The predicted molar refractivity (Wildman–Crippen MR) is 125 cm³/mol. The van der Waals surface area contributed by atoms with Crippen molar-refractivity contribution in [3.63, 3.8) is 0 Å². The van der Waals surface area contributed by atoms with E-state index in [-0.39, 0.29) is 24.2 Å². The molecule has 2 aromatic rings. The number of aryl methyl sites for hydroxylation is 2. The molecule has 1 atom stereocenters. The number of nitrogens with zero attached hydrogens (tertiary/aromatic N) is 2. The van der Waals surface area contributed by atoms with Gasteiger partial charge in [0.05, 0.1) is 22.9 Å². The molecule has 0 saturated heterocycles. The van der Waals surface area contributed by atoms with Gasteiger partial charge in [-0.3, -0.25) is 9.78 Å². The maximum Gasteiger partial charge on any atom is 0.326 e. The molecule has 0 aromatic carbocycles. The first-order chi connectivity index (χ1) is 16.4. The Bertz CT molecular complexity index is 1030. The van der Waals surface area contributed by atoms with Crippen molar-refractivity contribution in [3.05, 3.63) is 52.2 Å². The van der Waals surface area contributed by atoms with Crippen LogP contribution < -0.4 is 10.6 Å². The van der Waals surface area contributed by atoms with Gasteiger partial charge in [0, 0.05) is 31.5 Å². The number of aromatic nitrogens is 2. The van der Waals surface area contributed by atoms with Crippen LogP contribution in [0.4, 0.5) is 10.2 Å². The van der Waals surface area contributed by atoms with Gasteiger partial charge in [-0.25, -0.2) is 14.2 Å². The summed E-state index contributed by atoms with van der Waals surface area (Å²) in [6.07, 6.45) is 8.17. The van der Waals surface area contributed by atoms with Crippen LogP contribution in [0.2, 0.25) is 5.02 Å². The largest absolute Gasteiger partial charge is 0.480 e. The molecule has 1 amide bonds. The summed E-state index contributed by atoms with van der Waals surface area (Å²) in [5.74, 6) is -1.45. The number of rotatable bonds is 10. The molecule has 3 N–H and O–H groups in total. The highest BCUT2D eigenvalue weighted by atomic mass is 35.5. The van der Waals surface area contributed by atoms with E-state index >= 15 is 0 Å². The molecule has 10 heteroatoms. The van der Waals surface area contributed by atoms with E-state index in [0.29, 0.717) is 5.92 Å². The van der Waals surface area contributed by atoms with Crippen LogP contribution in [0.1, 0.15) is 53.7 Å². The summed E-state index contributed by atoms with van der Waals surface area (Å²) in [4.78, 5) is 32.1. The third kappa shape index (κ3) is 6.01. The van der Waals surface area contributed by atoms with Gasteiger partial charge in [-0.2, -0.15) is 0 Å². The van der Waals surface area contributed by atoms with Crippen LogP contribution in [0.15, 0.2) is 24.5 Å². The van der Waals surface area contributed by atoms with Crippen molar-refractivity contribution in [2.45, 2.75) is 57.1 Å². The van der Waals surface area contributed by atoms with Crippen LogP contribution in [-0.4, -0.2) is 52.2 Å². The first-order valence-electron chi connectivity index (χ1n) is 11.6. The Morgan fingerprint density at radius 3 is 2.91 bits per heavy atom. The Balaban J connectivity index is 1.17. The lowest BCUT2D eigenvalue weighted by Gasteiger charge is -2.35. The number of carboxylic acid groups (broad SMARTS) is 1. The smallest absolute Gasteiger partial charge is 0.326 e. The highest BCUT2D eigenvalue weighted by molar-refractivity contribution is 6.33. The van der Waals surface area contributed by atoms with Gasteiger partial charge < -0.3 is 20.5 Å². The molecule has 1 aliphatic carbocycles. The van der Waals surface area contributed by atoms with Gasteiger partial charge in [0.15, 0.2) is 5.82 Å². The number of aliphatic carboxylic acids is 1. The topological polar surface area (TPSA) is 113 Å². The third-order valence-corrected chi connectivity index (χ3v) is 6.68. The number of fused-ring (bicyclic) bond motifs is 1. The second-order valence-corrected chi connectivity index (χ2v) is 9.25. The Kier molecular flexibility index (Phi) is 7.95. The molecule has 3 heterocycles. The third-order valence-electron chi connectivity index (χ3n) is 6.40. The molecule has 1 saturated carbocycles.